The minimum Gasteiger partial charge on any atom is -0.373 e. The lowest BCUT2D eigenvalue weighted by molar-refractivity contribution is 1.07. The second-order valence-electron chi connectivity index (χ2n) is 4.00. The highest BCUT2D eigenvalue weighted by Gasteiger charge is 2.20. The summed E-state index contributed by atoms with van der Waals surface area (Å²) in [6, 6.07) is 2.12. The first-order valence-electron chi connectivity index (χ1n) is 5.49. The van der Waals surface area contributed by atoms with Crippen molar-refractivity contribution in [1.82, 2.24) is 9.97 Å². The molecule has 1 N–H and O–H groups in total. The van der Waals surface area contributed by atoms with Crippen molar-refractivity contribution >= 4 is 28.9 Å². The van der Waals surface area contributed by atoms with Crippen LogP contribution in [0.1, 0.15) is 16.8 Å². The van der Waals surface area contributed by atoms with E-state index < -0.39 is 0 Å². The maximum absolute atomic E-state index is 4.70. The third-order valence-electron chi connectivity index (χ3n) is 2.88. The molecule has 5 heteroatoms. The normalized spacial score (nSPS) is 13.8. The molecule has 1 aliphatic rings. The summed E-state index contributed by atoms with van der Waals surface area (Å²) in [6.45, 7) is 2.11. The van der Waals surface area contributed by atoms with Gasteiger partial charge in [0.15, 0.2) is 5.82 Å². The van der Waals surface area contributed by atoms with E-state index >= 15 is 0 Å². The van der Waals surface area contributed by atoms with Gasteiger partial charge >= 0.3 is 0 Å². The highest BCUT2D eigenvalue weighted by molar-refractivity contribution is 7.98. The predicted molar refractivity (Wildman–Crippen MR) is 74.6 cm³/mol. The predicted octanol–water partition coefficient (Wildman–Crippen LogP) is 3.30. The number of hydrogen-bond acceptors (Lipinski definition) is 5. The summed E-state index contributed by atoms with van der Waals surface area (Å²) in [5.41, 5.74) is 3.72. The summed E-state index contributed by atoms with van der Waals surface area (Å²) >= 11 is 3.61. The molecular formula is C12H13N3S2. The van der Waals surface area contributed by atoms with Crippen molar-refractivity contribution in [3.8, 4) is 10.7 Å². The Bertz CT molecular complexity index is 563. The summed E-state index contributed by atoms with van der Waals surface area (Å²) in [7, 11) is 1.93. The van der Waals surface area contributed by atoms with Gasteiger partial charge in [0.25, 0.3) is 0 Å². The van der Waals surface area contributed by atoms with E-state index in [0.29, 0.717) is 0 Å². The lowest BCUT2D eigenvalue weighted by Crippen LogP contribution is -2.03. The summed E-state index contributed by atoms with van der Waals surface area (Å²) in [5.74, 6) is 3.88. The first-order chi connectivity index (χ1) is 8.29. The standard InChI is InChI=1S/C12H13N3S2/c1-7-3-4-17-10(7)12-14-9-6-16-5-8(9)11(13-2)15-12/h3-4H,5-6H2,1-2H3,(H,13,14,15). The van der Waals surface area contributed by atoms with Gasteiger partial charge in [-0.25, -0.2) is 9.97 Å². The maximum Gasteiger partial charge on any atom is 0.172 e. The lowest BCUT2D eigenvalue weighted by atomic mass is 10.2. The van der Waals surface area contributed by atoms with Crippen LogP contribution in [0.15, 0.2) is 11.4 Å². The molecule has 17 heavy (non-hydrogen) atoms. The number of thiophene rings is 1. The average molecular weight is 263 g/mol. The summed E-state index contributed by atoms with van der Waals surface area (Å²) in [4.78, 5) is 10.5. The van der Waals surface area contributed by atoms with Crippen molar-refractivity contribution in [3.05, 3.63) is 28.3 Å². The highest BCUT2D eigenvalue weighted by Crippen LogP contribution is 2.35. The van der Waals surface area contributed by atoms with Gasteiger partial charge in [0, 0.05) is 24.1 Å². The van der Waals surface area contributed by atoms with Crippen molar-refractivity contribution in [2.45, 2.75) is 18.4 Å². The van der Waals surface area contributed by atoms with E-state index in [9.17, 15) is 0 Å². The first kappa shape index (κ1) is 11.0. The van der Waals surface area contributed by atoms with Gasteiger partial charge in [-0.2, -0.15) is 11.8 Å². The van der Waals surface area contributed by atoms with Crippen LogP contribution in [-0.2, 0) is 11.5 Å². The fraction of sp³-hybridized carbons (Fsp3) is 0.333. The molecule has 0 atom stereocenters. The van der Waals surface area contributed by atoms with E-state index in [4.69, 9.17) is 4.98 Å². The van der Waals surface area contributed by atoms with Crippen molar-refractivity contribution < 1.29 is 0 Å². The molecule has 0 aromatic carbocycles. The minimum absolute atomic E-state index is 0.864. The number of nitrogens with one attached hydrogen (secondary N) is 1. The molecule has 3 rings (SSSR count). The van der Waals surface area contributed by atoms with Gasteiger partial charge in [-0.3, -0.25) is 0 Å². The third kappa shape index (κ3) is 1.83. The van der Waals surface area contributed by atoms with Crippen molar-refractivity contribution in [1.29, 1.82) is 0 Å². The number of hydrogen-bond donors (Lipinski definition) is 1. The Morgan fingerprint density at radius 3 is 2.88 bits per heavy atom. The molecule has 0 unspecified atom stereocenters. The van der Waals surface area contributed by atoms with Gasteiger partial charge in [0.2, 0.25) is 0 Å². The molecule has 0 amide bonds. The fourth-order valence-electron chi connectivity index (χ4n) is 1.96. The van der Waals surface area contributed by atoms with Crippen LogP contribution in [-0.4, -0.2) is 17.0 Å². The van der Waals surface area contributed by atoms with Crippen LogP contribution in [0.25, 0.3) is 10.7 Å². The Morgan fingerprint density at radius 1 is 1.29 bits per heavy atom. The van der Waals surface area contributed by atoms with Crippen LogP contribution in [0.4, 0.5) is 5.82 Å². The zero-order valence-corrected chi connectivity index (χ0v) is 11.4. The van der Waals surface area contributed by atoms with Crippen LogP contribution in [0.2, 0.25) is 0 Å². The topological polar surface area (TPSA) is 37.8 Å². The van der Waals surface area contributed by atoms with E-state index in [2.05, 4.69) is 28.7 Å². The Morgan fingerprint density at radius 2 is 2.18 bits per heavy atom. The van der Waals surface area contributed by atoms with Crippen molar-refractivity contribution in [2.75, 3.05) is 12.4 Å². The molecule has 0 bridgehead atoms. The van der Waals surface area contributed by atoms with E-state index in [-0.39, 0.29) is 0 Å². The van der Waals surface area contributed by atoms with Crippen LogP contribution in [0, 0.1) is 6.92 Å². The second kappa shape index (κ2) is 4.31. The molecule has 0 fully saturated rings. The molecule has 1 aliphatic heterocycles. The number of fused-ring (bicyclic) bond motifs is 1. The monoisotopic (exact) mass is 263 g/mol. The molecule has 0 spiro atoms. The molecule has 2 aromatic heterocycles. The molecule has 3 nitrogen and oxygen atoms in total. The Hall–Kier alpha value is -1.07. The number of aromatic nitrogens is 2. The smallest absolute Gasteiger partial charge is 0.172 e. The van der Waals surface area contributed by atoms with Gasteiger partial charge in [-0.05, 0) is 23.9 Å². The quantitative estimate of drug-likeness (QED) is 0.902. The summed E-state index contributed by atoms with van der Waals surface area (Å²) < 4.78 is 0. The molecule has 0 radical (unpaired) electrons. The molecule has 0 aliphatic carbocycles. The van der Waals surface area contributed by atoms with Gasteiger partial charge in [0.1, 0.15) is 5.82 Å². The minimum atomic E-state index is 0.864. The summed E-state index contributed by atoms with van der Waals surface area (Å²) in [5, 5.41) is 5.28. The van der Waals surface area contributed by atoms with Crippen LogP contribution in [0.5, 0.6) is 0 Å². The highest BCUT2D eigenvalue weighted by atomic mass is 32.2. The van der Waals surface area contributed by atoms with Gasteiger partial charge in [-0.1, -0.05) is 0 Å². The van der Waals surface area contributed by atoms with Gasteiger partial charge < -0.3 is 5.32 Å². The number of nitrogens with zero attached hydrogens (tertiary/aromatic N) is 2. The maximum atomic E-state index is 4.70. The van der Waals surface area contributed by atoms with E-state index in [0.717, 1.165) is 23.1 Å². The SMILES string of the molecule is CNc1nc(-c2sccc2C)nc2c1CSC2. The zero-order valence-electron chi connectivity index (χ0n) is 9.78. The zero-order chi connectivity index (χ0) is 11.8. The third-order valence-corrected chi connectivity index (χ3v) is 4.86. The number of aryl methyl sites for hydroxylation is 1. The number of anilines is 1. The first-order valence-corrected chi connectivity index (χ1v) is 7.53. The van der Waals surface area contributed by atoms with Crippen LogP contribution in [0.3, 0.4) is 0 Å². The van der Waals surface area contributed by atoms with Crippen LogP contribution >= 0.6 is 23.1 Å². The van der Waals surface area contributed by atoms with Crippen molar-refractivity contribution in [2.24, 2.45) is 0 Å². The lowest BCUT2D eigenvalue weighted by Gasteiger charge is -2.08. The van der Waals surface area contributed by atoms with E-state index in [1.807, 2.05) is 18.8 Å². The molecule has 0 saturated heterocycles. The Labute approximate surface area is 109 Å². The van der Waals surface area contributed by atoms with Crippen LogP contribution < -0.4 is 5.32 Å². The molecule has 88 valence electrons. The van der Waals surface area contributed by atoms with Crippen molar-refractivity contribution in [3.63, 3.8) is 0 Å². The number of thioether (sulfide) groups is 1. The Kier molecular flexibility index (Phi) is 2.80. The Balaban J connectivity index is 2.16. The molecule has 3 heterocycles. The van der Waals surface area contributed by atoms with Gasteiger partial charge in [0.05, 0.1) is 10.6 Å². The molecule has 0 saturated carbocycles. The largest absolute Gasteiger partial charge is 0.373 e. The average Bonchev–Trinajstić information content (AvgIpc) is 2.95. The molecular weight excluding hydrogens is 250 g/mol. The van der Waals surface area contributed by atoms with Gasteiger partial charge in [-0.15, -0.1) is 11.3 Å². The second-order valence-corrected chi connectivity index (χ2v) is 5.90. The molecule has 2 aromatic rings. The fourth-order valence-corrected chi connectivity index (χ4v) is 3.86. The summed E-state index contributed by atoms with van der Waals surface area (Å²) in [6.07, 6.45) is 0. The number of rotatable bonds is 2. The van der Waals surface area contributed by atoms with E-state index in [1.165, 1.54) is 21.7 Å². The van der Waals surface area contributed by atoms with E-state index in [1.54, 1.807) is 11.3 Å².